The van der Waals surface area contributed by atoms with Gasteiger partial charge in [0.25, 0.3) is 5.91 Å². The molecule has 0 saturated heterocycles. The Bertz CT molecular complexity index is 233. The Balaban J connectivity index is 2.83. The molecule has 1 N–H and O–H groups in total. The van der Waals surface area contributed by atoms with Crippen LogP contribution in [0.4, 0.5) is 0 Å². The highest BCUT2D eigenvalue weighted by molar-refractivity contribution is 6.02. The molecule has 0 atom stereocenters. The number of allylic oxidation sites excluding steroid dienone is 2. The van der Waals surface area contributed by atoms with Crippen LogP contribution in [0.2, 0.25) is 0 Å². The summed E-state index contributed by atoms with van der Waals surface area (Å²) in [4.78, 5) is 11.3. The summed E-state index contributed by atoms with van der Waals surface area (Å²) in [5, 5.41) is 3.74. The second-order valence-electron chi connectivity index (χ2n) is 2.84. The topological polar surface area (TPSA) is 41.5 Å². The van der Waals surface area contributed by atoms with E-state index in [-0.39, 0.29) is 5.91 Å². The van der Waals surface area contributed by atoms with Crippen molar-refractivity contribution in [3.05, 3.63) is 25.3 Å². The second kappa shape index (κ2) is 3.34. The van der Waals surface area contributed by atoms with Crippen molar-refractivity contribution < 1.29 is 4.79 Å². The Morgan fingerprint density at radius 1 is 1.50 bits per heavy atom. The molecule has 0 spiro atoms. The van der Waals surface area contributed by atoms with E-state index >= 15 is 0 Å². The molecular weight excluding hydrogens is 152 g/mol. The molecule has 0 aromatic carbocycles. The van der Waals surface area contributed by atoms with Crippen LogP contribution in [-0.4, -0.2) is 12.1 Å². The molecule has 0 unspecified atom stereocenters. The number of carbonyl (C=O) groups excluding carboxylic acids is 1. The third-order valence-electron chi connectivity index (χ3n) is 1.95. The number of hydrazone groups is 1. The summed E-state index contributed by atoms with van der Waals surface area (Å²) in [7, 11) is 0. The average Bonchev–Trinajstić information content (AvgIpc) is 2.35. The Hall–Kier alpha value is -1.38. The van der Waals surface area contributed by atoms with Crippen LogP contribution < -0.4 is 5.43 Å². The predicted molar refractivity (Wildman–Crippen MR) is 48.7 cm³/mol. The summed E-state index contributed by atoms with van der Waals surface area (Å²) in [6.07, 6.45) is 6.29. The quantitative estimate of drug-likeness (QED) is 0.624. The fraction of sp³-hybridized carbons (Fsp3) is 0.333. The number of amides is 1. The van der Waals surface area contributed by atoms with E-state index in [1.54, 1.807) is 18.4 Å². The van der Waals surface area contributed by atoms with Crippen LogP contribution in [-0.2, 0) is 4.79 Å². The summed E-state index contributed by atoms with van der Waals surface area (Å²) in [6, 6.07) is 0. The molecular formula is C9H12N2O. The minimum Gasteiger partial charge on any atom is -0.272 e. The molecule has 0 fully saturated rings. The molecule has 0 bridgehead atoms. The van der Waals surface area contributed by atoms with E-state index in [1.165, 1.54) is 0 Å². The van der Waals surface area contributed by atoms with E-state index in [4.69, 9.17) is 0 Å². The fourth-order valence-electron chi connectivity index (χ4n) is 1.27. The highest BCUT2D eigenvalue weighted by Crippen LogP contribution is 2.28. The molecule has 3 nitrogen and oxygen atoms in total. The molecule has 1 aliphatic heterocycles. The SMILES string of the molecule is C=CCC1(CC=C)C=NNC1=O. The van der Waals surface area contributed by atoms with Crippen molar-refractivity contribution in [2.45, 2.75) is 12.8 Å². The van der Waals surface area contributed by atoms with Gasteiger partial charge in [-0.1, -0.05) is 12.2 Å². The Morgan fingerprint density at radius 3 is 2.42 bits per heavy atom. The summed E-state index contributed by atoms with van der Waals surface area (Å²) >= 11 is 0. The van der Waals surface area contributed by atoms with Crippen LogP contribution >= 0.6 is 0 Å². The van der Waals surface area contributed by atoms with Crippen LogP contribution in [0, 0.1) is 5.41 Å². The van der Waals surface area contributed by atoms with Gasteiger partial charge in [0.05, 0.1) is 5.41 Å². The zero-order valence-electron chi connectivity index (χ0n) is 6.92. The van der Waals surface area contributed by atoms with Crippen molar-refractivity contribution in [2.24, 2.45) is 10.5 Å². The van der Waals surface area contributed by atoms with Crippen molar-refractivity contribution in [2.75, 3.05) is 0 Å². The van der Waals surface area contributed by atoms with Crippen LogP contribution in [0.5, 0.6) is 0 Å². The van der Waals surface area contributed by atoms with Gasteiger partial charge >= 0.3 is 0 Å². The number of hydrogen-bond donors (Lipinski definition) is 1. The lowest BCUT2D eigenvalue weighted by Gasteiger charge is -2.18. The number of rotatable bonds is 4. The van der Waals surface area contributed by atoms with Crippen LogP contribution in [0.15, 0.2) is 30.4 Å². The van der Waals surface area contributed by atoms with Crippen LogP contribution in [0.3, 0.4) is 0 Å². The second-order valence-corrected chi connectivity index (χ2v) is 2.84. The summed E-state index contributed by atoms with van der Waals surface area (Å²) in [5.74, 6) is -0.0673. The number of nitrogens with one attached hydrogen (secondary N) is 1. The number of nitrogens with zero attached hydrogens (tertiary/aromatic N) is 1. The van der Waals surface area contributed by atoms with E-state index in [0.717, 1.165) is 0 Å². The van der Waals surface area contributed by atoms with E-state index in [2.05, 4.69) is 23.7 Å². The maximum atomic E-state index is 11.3. The van der Waals surface area contributed by atoms with Crippen LogP contribution in [0.1, 0.15) is 12.8 Å². The molecule has 12 heavy (non-hydrogen) atoms. The lowest BCUT2D eigenvalue weighted by molar-refractivity contribution is -0.126. The summed E-state index contributed by atoms with van der Waals surface area (Å²) < 4.78 is 0. The van der Waals surface area contributed by atoms with Crippen molar-refractivity contribution in [1.82, 2.24) is 5.43 Å². The van der Waals surface area contributed by atoms with Gasteiger partial charge in [-0.25, -0.2) is 5.43 Å². The smallest absolute Gasteiger partial charge is 0.252 e. The van der Waals surface area contributed by atoms with E-state index in [0.29, 0.717) is 12.8 Å². The zero-order valence-corrected chi connectivity index (χ0v) is 6.92. The first-order valence-electron chi connectivity index (χ1n) is 3.81. The van der Waals surface area contributed by atoms with Crippen LogP contribution in [0.25, 0.3) is 0 Å². The molecule has 0 aromatic heterocycles. The standard InChI is InChI=1S/C9H12N2O/c1-3-5-9(6-4-2)7-10-11-8(9)12/h3-4,7H,1-2,5-6H2,(H,11,12). The van der Waals surface area contributed by atoms with Gasteiger partial charge < -0.3 is 0 Å². The highest BCUT2D eigenvalue weighted by atomic mass is 16.2. The van der Waals surface area contributed by atoms with E-state index < -0.39 is 5.41 Å². The van der Waals surface area contributed by atoms with Gasteiger partial charge in [-0.3, -0.25) is 4.79 Å². The molecule has 3 heteroatoms. The maximum absolute atomic E-state index is 11.3. The minimum absolute atomic E-state index is 0.0673. The first kappa shape index (κ1) is 8.71. The molecule has 64 valence electrons. The summed E-state index contributed by atoms with van der Waals surface area (Å²) in [6.45, 7) is 7.22. The average molecular weight is 164 g/mol. The van der Waals surface area contributed by atoms with Gasteiger partial charge in [-0.2, -0.15) is 5.10 Å². The number of hydrogen-bond acceptors (Lipinski definition) is 2. The third-order valence-corrected chi connectivity index (χ3v) is 1.95. The molecule has 1 rings (SSSR count). The van der Waals surface area contributed by atoms with Crippen molar-refractivity contribution in [3.8, 4) is 0 Å². The lowest BCUT2D eigenvalue weighted by Crippen LogP contribution is -2.33. The summed E-state index contributed by atoms with van der Waals surface area (Å²) in [5.41, 5.74) is 1.89. The lowest BCUT2D eigenvalue weighted by atomic mass is 9.82. The van der Waals surface area contributed by atoms with Gasteiger partial charge in [0.1, 0.15) is 0 Å². The van der Waals surface area contributed by atoms with Gasteiger partial charge in [0, 0.05) is 6.21 Å². The first-order chi connectivity index (χ1) is 5.75. The van der Waals surface area contributed by atoms with Gasteiger partial charge in [-0.15, -0.1) is 13.2 Å². The van der Waals surface area contributed by atoms with Gasteiger partial charge in [0.2, 0.25) is 0 Å². The van der Waals surface area contributed by atoms with Crippen molar-refractivity contribution >= 4 is 12.1 Å². The fourth-order valence-corrected chi connectivity index (χ4v) is 1.27. The van der Waals surface area contributed by atoms with E-state index in [9.17, 15) is 4.79 Å². The normalized spacial score (nSPS) is 18.8. The minimum atomic E-state index is -0.524. The van der Waals surface area contributed by atoms with Crippen molar-refractivity contribution in [3.63, 3.8) is 0 Å². The van der Waals surface area contributed by atoms with Gasteiger partial charge in [-0.05, 0) is 12.8 Å². The molecule has 0 radical (unpaired) electrons. The molecule has 0 aromatic rings. The largest absolute Gasteiger partial charge is 0.272 e. The highest BCUT2D eigenvalue weighted by Gasteiger charge is 2.37. The first-order valence-corrected chi connectivity index (χ1v) is 3.81. The Labute approximate surface area is 71.9 Å². The third kappa shape index (κ3) is 1.30. The van der Waals surface area contributed by atoms with Crippen molar-refractivity contribution in [1.29, 1.82) is 0 Å². The maximum Gasteiger partial charge on any atom is 0.252 e. The zero-order chi connectivity index (χ0) is 9.03. The van der Waals surface area contributed by atoms with Gasteiger partial charge in [0.15, 0.2) is 0 Å². The monoisotopic (exact) mass is 164 g/mol. The number of carbonyl (C=O) groups is 1. The predicted octanol–water partition coefficient (Wildman–Crippen LogP) is 1.24. The molecule has 1 amide bonds. The molecule has 1 aliphatic rings. The molecule has 0 aliphatic carbocycles. The Kier molecular flexibility index (Phi) is 2.43. The molecule has 0 saturated carbocycles. The van der Waals surface area contributed by atoms with E-state index in [1.807, 2.05) is 0 Å². The molecule has 1 heterocycles. The Morgan fingerprint density at radius 2 is 2.08 bits per heavy atom.